The van der Waals surface area contributed by atoms with Gasteiger partial charge in [-0.25, -0.2) is 0 Å². The molecule has 0 aliphatic heterocycles. The Kier molecular flexibility index (Phi) is 8.71. The van der Waals surface area contributed by atoms with Crippen LogP contribution in [0, 0.1) is 0 Å². The number of unbranched alkanes of at least 4 members (excludes halogenated alkanes) is 3. The van der Waals surface area contributed by atoms with Crippen LogP contribution in [0.4, 0.5) is 13.2 Å². The highest BCUT2D eigenvalue weighted by atomic mass is 19.4. The minimum atomic E-state index is -4.02. The Hall–Kier alpha value is -0.250. The summed E-state index contributed by atoms with van der Waals surface area (Å²) in [5.41, 5.74) is 0. The van der Waals surface area contributed by atoms with Crippen molar-refractivity contribution in [3.05, 3.63) is 0 Å². The third kappa shape index (κ3) is 11.8. The third-order valence-corrected chi connectivity index (χ3v) is 2.47. The Morgan fingerprint density at radius 1 is 1.06 bits per heavy atom. The van der Waals surface area contributed by atoms with Gasteiger partial charge in [0, 0.05) is 13.0 Å². The van der Waals surface area contributed by atoms with Crippen LogP contribution in [0.1, 0.15) is 58.8 Å². The van der Waals surface area contributed by atoms with Gasteiger partial charge in [0.15, 0.2) is 0 Å². The van der Waals surface area contributed by atoms with Gasteiger partial charge >= 0.3 is 6.18 Å². The molecule has 4 heteroatoms. The molecule has 0 aromatic heterocycles. The van der Waals surface area contributed by atoms with Gasteiger partial charge in [-0.05, 0) is 26.2 Å². The van der Waals surface area contributed by atoms with E-state index < -0.39 is 12.6 Å². The van der Waals surface area contributed by atoms with Crippen molar-refractivity contribution in [3.8, 4) is 0 Å². The fourth-order valence-electron chi connectivity index (χ4n) is 1.48. The Bertz CT molecular complexity index is 157. The topological polar surface area (TPSA) is 9.23 Å². The van der Waals surface area contributed by atoms with E-state index in [4.69, 9.17) is 4.74 Å². The molecular formula is C12H23F3O. The molecule has 0 N–H and O–H groups in total. The number of ether oxygens (including phenoxy) is 1. The van der Waals surface area contributed by atoms with Gasteiger partial charge in [-0.15, -0.1) is 0 Å². The van der Waals surface area contributed by atoms with Crippen molar-refractivity contribution in [1.82, 2.24) is 0 Å². The number of rotatable bonds is 9. The fraction of sp³-hybridized carbons (Fsp3) is 1.00. The zero-order chi connectivity index (χ0) is 12.4. The van der Waals surface area contributed by atoms with Crippen LogP contribution in [0.2, 0.25) is 0 Å². The van der Waals surface area contributed by atoms with Gasteiger partial charge in [0.05, 0.1) is 6.10 Å². The minimum Gasteiger partial charge on any atom is -0.379 e. The summed E-state index contributed by atoms with van der Waals surface area (Å²) < 4.78 is 40.9. The van der Waals surface area contributed by atoms with Crippen molar-refractivity contribution < 1.29 is 17.9 Å². The number of halogens is 3. The third-order valence-electron chi connectivity index (χ3n) is 2.47. The molecule has 0 aromatic carbocycles. The second-order valence-corrected chi connectivity index (χ2v) is 4.25. The van der Waals surface area contributed by atoms with Crippen LogP contribution in [0.5, 0.6) is 0 Å². The summed E-state index contributed by atoms with van der Waals surface area (Å²) in [5.74, 6) is 0. The monoisotopic (exact) mass is 240 g/mol. The smallest absolute Gasteiger partial charge is 0.379 e. The van der Waals surface area contributed by atoms with E-state index in [1.165, 1.54) is 12.8 Å². The van der Waals surface area contributed by atoms with Crippen LogP contribution < -0.4 is 0 Å². The van der Waals surface area contributed by atoms with Crippen LogP contribution in [0.3, 0.4) is 0 Å². The summed E-state index contributed by atoms with van der Waals surface area (Å²) >= 11 is 0. The molecule has 16 heavy (non-hydrogen) atoms. The summed E-state index contributed by atoms with van der Waals surface area (Å²) in [4.78, 5) is 0. The SMILES string of the molecule is CCCCCC(C)OCCCCC(F)(F)F. The molecular weight excluding hydrogens is 217 g/mol. The van der Waals surface area contributed by atoms with Gasteiger partial charge in [-0.3, -0.25) is 0 Å². The van der Waals surface area contributed by atoms with Crippen LogP contribution in [-0.4, -0.2) is 18.9 Å². The first-order valence-electron chi connectivity index (χ1n) is 6.14. The molecule has 0 rings (SSSR count). The molecule has 0 saturated heterocycles. The van der Waals surface area contributed by atoms with E-state index in [2.05, 4.69) is 6.92 Å². The minimum absolute atomic E-state index is 0.172. The summed E-state index contributed by atoms with van der Waals surface area (Å²) in [7, 11) is 0. The molecule has 0 aliphatic carbocycles. The predicted molar refractivity (Wildman–Crippen MR) is 59.5 cm³/mol. The second-order valence-electron chi connectivity index (χ2n) is 4.25. The summed E-state index contributed by atoms with van der Waals surface area (Å²) in [5, 5.41) is 0. The van der Waals surface area contributed by atoms with Crippen molar-refractivity contribution in [3.63, 3.8) is 0 Å². The lowest BCUT2D eigenvalue weighted by Gasteiger charge is -2.12. The maximum Gasteiger partial charge on any atom is 0.389 e. The summed E-state index contributed by atoms with van der Waals surface area (Å²) in [6, 6.07) is 0. The lowest BCUT2D eigenvalue weighted by atomic mass is 10.1. The molecule has 1 nitrogen and oxygen atoms in total. The molecule has 0 heterocycles. The molecule has 0 spiro atoms. The van der Waals surface area contributed by atoms with Crippen molar-refractivity contribution in [2.24, 2.45) is 0 Å². The molecule has 0 bridgehead atoms. The standard InChI is InChI=1S/C12H23F3O/c1-3-4-5-8-11(2)16-10-7-6-9-12(13,14)15/h11H,3-10H2,1-2H3. The van der Waals surface area contributed by atoms with Crippen LogP contribution in [-0.2, 0) is 4.74 Å². The molecule has 0 aliphatic rings. The van der Waals surface area contributed by atoms with E-state index in [9.17, 15) is 13.2 Å². The van der Waals surface area contributed by atoms with Gasteiger partial charge in [0.1, 0.15) is 0 Å². The molecule has 0 aromatic rings. The largest absolute Gasteiger partial charge is 0.389 e. The maximum absolute atomic E-state index is 11.8. The quantitative estimate of drug-likeness (QED) is 0.530. The van der Waals surface area contributed by atoms with E-state index in [0.29, 0.717) is 13.0 Å². The molecule has 0 fully saturated rings. The van der Waals surface area contributed by atoms with Crippen LogP contribution >= 0.6 is 0 Å². The lowest BCUT2D eigenvalue weighted by molar-refractivity contribution is -0.136. The van der Waals surface area contributed by atoms with Gasteiger partial charge in [0.2, 0.25) is 0 Å². The zero-order valence-electron chi connectivity index (χ0n) is 10.3. The van der Waals surface area contributed by atoms with Crippen LogP contribution in [0.15, 0.2) is 0 Å². The van der Waals surface area contributed by atoms with Gasteiger partial charge < -0.3 is 4.74 Å². The first kappa shape index (κ1) is 15.8. The van der Waals surface area contributed by atoms with E-state index in [1.54, 1.807) is 0 Å². The molecule has 1 atom stereocenters. The Morgan fingerprint density at radius 2 is 1.75 bits per heavy atom. The number of hydrogen-bond acceptors (Lipinski definition) is 1. The van der Waals surface area contributed by atoms with E-state index in [-0.39, 0.29) is 12.5 Å². The van der Waals surface area contributed by atoms with Crippen molar-refractivity contribution in [2.75, 3.05) is 6.61 Å². The van der Waals surface area contributed by atoms with Crippen LogP contribution in [0.25, 0.3) is 0 Å². The Morgan fingerprint density at radius 3 is 2.31 bits per heavy atom. The average molecular weight is 240 g/mol. The molecule has 0 saturated carbocycles. The number of hydrogen-bond donors (Lipinski definition) is 0. The summed E-state index contributed by atoms with van der Waals surface area (Å²) in [6.07, 6.45) is 0.654. The van der Waals surface area contributed by atoms with E-state index >= 15 is 0 Å². The first-order valence-corrected chi connectivity index (χ1v) is 6.14. The number of alkyl halides is 3. The molecule has 98 valence electrons. The van der Waals surface area contributed by atoms with Crippen molar-refractivity contribution >= 4 is 0 Å². The normalized spacial score (nSPS) is 14.1. The fourth-order valence-corrected chi connectivity index (χ4v) is 1.48. The van der Waals surface area contributed by atoms with Crippen molar-refractivity contribution in [2.45, 2.75) is 71.1 Å². The molecule has 0 radical (unpaired) electrons. The first-order chi connectivity index (χ1) is 7.45. The van der Waals surface area contributed by atoms with Gasteiger partial charge in [0.25, 0.3) is 0 Å². The zero-order valence-corrected chi connectivity index (χ0v) is 10.3. The van der Waals surface area contributed by atoms with E-state index in [0.717, 1.165) is 12.8 Å². The maximum atomic E-state index is 11.8. The molecule has 0 amide bonds. The average Bonchev–Trinajstić information content (AvgIpc) is 2.16. The van der Waals surface area contributed by atoms with E-state index in [1.807, 2.05) is 6.92 Å². The Balaban J connectivity index is 3.24. The highest BCUT2D eigenvalue weighted by Crippen LogP contribution is 2.22. The van der Waals surface area contributed by atoms with Crippen molar-refractivity contribution in [1.29, 1.82) is 0 Å². The highest BCUT2D eigenvalue weighted by Gasteiger charge is 2.25. The van der Waals surface area contributed by atoms with Gasteiger partial charge in [-0.2, -0.15) is 13.2 Å². The van der Waals surface area contributed by atoms with Gasteiger partial charge in [-0.1, -0.05) is 26.2 Å². The second kappa shape index (κ2) is 8.85. The predicted octanol–water partition coefficient (Wildman–Crippen LogP) is 4.70. The lowest BCUT2D eigenvalue weighted by Crippen LogP contribution is -2.11. The Labute approximate surface area is 96.4 Å². The summed E-state index contributed by atoms with van der Waals surface area (Å²) in [6.45, 7) is 4.57. The molecule has 1 unspecified atom stereocenters. The highest BCUT2D eigenvalue weighted by molar-refractivity contribution is 4.53.